The fourth-order valence-electron chi connectivity index (χ4n) is 2.69. The fourth-order valence-corrected chi connectivity index (χ4v) is 2.69. The van der Waals surface area contributed by atoms with Gasteiger partial charge in [-0.15, -0.1) is 0 Å². The van der Waals surface area contributed by atoms with Crippen molar-refractivity contribution in [3.63, 3.8) is 0 Å². The molecule has 1 aliphatic heterocycles. The molecule has 4 heteroatoms. The summed E-state index contributed by atoms with van der Waals surface area (Å²) in [6, 6.07) is 8.40. The highest BCUT2D eigenvalue weighted by atomic mass is 19.3. The lowest BCUT2D eigenvalue weighted by molar-refractivity contribution is -0.0406. The van der Waals surface area contributed by atoms with E-state index in [0.717, 1.165) is 13.1 Å². The van der Waals surface area contributed by atoms with Crippen molar-refractivity contribution in [2.45, 2.75) is 46.5 Å². The summed E-state index contributed by atoms with van der Waals surface area (Å²) in [6.45, 7) is 10.9. The summed E-state index contributed by atoms with van der Waals surface area (Å²) < 4.78 is 27.2. The molecule has 1 heterocycles. The zero-order chi connectivity index (χ0) is 16.6. The Kier molecular flexibility index (Phi) is 7.80. The van der Waals surface area contributed by atoms with Crippen LogP contribution in [0.15, 0.2) is 24.3 Å². The van der Waals surface area contributed by atoms with Crippen LogP contribution in [0.5, 0.6) is 0 Å². The maximum absolute atomic E-state index is 13.6. The molecule has 0 unspecified atom stereocenters. The Labute approximate surface area is 134 Å². The lowest BCUT2D eigenvalue weighted by atomic mass is 10.1. The lowest BCUT2D eigenvalue weighted by Gasteiger charge is -2.37. The van der Waals surface area contributed by atoms with Gasteiger partial charge in [0.05, 0.1) is 6.54 Å². The first-order chi connectivity index (χ1) is 10.5. The minimum absolute atomic E-state index is 0.00875. The number of nitrogens with zero attached hydrogens (tertiary/aromatic N) is 2. The third kappa shape index (κ3) is 5.91. The van der Waals surface area contributed by atoms with Crippen LogP contribution < -0.4 is 4.90 Å². The van der Waals surface area contributed by atoms with Gasteiger partial charge in [-0.3, -0.25) is 4.90 Å². The van der Waals surface area contributed by atoms with Crippen LogP contribution in [0.2, 0.25) is 0 Å². The number of hydrogen-bond donors (Lipinski definition) is 0. The molecule has 1 saturated heterocycles. The summed E-state index contributed by atoms with van der Waals surface area (Å²) in [5.74, 6) is -2.54. The lowest BCUT2D eigenvalue weighted by Crippen LogP contribution is -2.50. The van der Waals surface area contributed by atoms with Crippen LogP contribution in [0.1, 0.15) is 39.2 Å². The third-order valence-corrected chi connectivity index (χ3v) is 3.84. The largest absolute Gasteiger partial charge is 0.369 e. The van der Waals surface area contributed by atoms with Crippen LogP contribution in [0.4, 0.5) is 14.5 Å². The van der Waals surface area contributed by atoms with E-state index in [1.165, 1.54) is 11.3 Å². The molecule has 0 spiro atoms. The first kappa shape index (κ1) is 18.9. The Bertz CT molecular complexity index is 410. The summed E-state index contributed by atoms with van der Waals surface area (Å²) >= 11 is 0. The van der Waals surface area contributed by atoms with E-state index in [1.54, 1.807) is 0 Å². The minimum Gasteiger partial charge on any atom is -0.369 e. The number of anilines is 1. The van der Waals surface area contributed by atoms with Crippen LogP contribution in [0.25, 0.3) is 0 Å². The average molecular weight is 312 g/mol. The highest BCUT2D eigenvalue weighted by Crippen LogP contribution is 2.23. The highest BCUT2D eigenvalue weighted by Gasteiger charge is 2.31. The van der Waals surface area contributed by atoms with E-state index < -0.39 is 5.92 Å². The molecule has 2 rings (SSSR count). The van der Waals surface area contributed by atoms with Crippen molar-refractivity contribution in [1.29, 1.82) is 0 Å². The molecule has 1 fully saturated rings. The Morgan fingerprint density at radius 1 is 1.00 bits per heavy atom. The monoisotopic (exact) mass is 312 g/mol. The van der Waals surface area contributed by atoms with Gasteiger partial charge in [0, 0.05) is 38.3 Å². The number of aryl methyl sites for hydroxylation is 1. The van der Waals surface area contributed by atoms with Gasteiger partial charge in [0.25, 0.3) is 5.92 Å². The van der Waals surface area contributed by atoms with E-state index >= 15 is 0 Å². The molecule has 0 aliphatic carbocycles. The number of benzene rings is 1. The predicted molar refractivity (Wildman–Crippen MR) is 91.0 cm³/mol. The van der Waals surface area contributed by atoms with Gasteiger partial charge in [0.1, 0.15) is 0 Å². The number of piperazine rings is 1. The van der Waals surface area contributed by atoms with E-state index in [9.17, 15) is 8.78 Å². The molecule has 0 amide bonds. The number of halogens is 2. The van der Waals surface area contributed by atoms with Gasteiger partial charge in [-0.2, -0.15) is 0 Å². The number of alkyl halides is 2. The summed E-state index contributed by atoms with van der Waals surface area (Å²) in [6.07, 6.45) is 0.529. The van der Waals surface area contributed by atoms with Gasteiger partial charge < -0.3 is 4.90 Å². The second kappa shape index (κ2) is 9.09. The van der Waals surface area contributed by atoms with E-state index in [0.29, 0.717) is 19.5 Å². The molecule has 2 nitrogen and oxygen atoms in total. The van der Waals surface area contributed by atoms with Crippen molar-refractivity contribution in [2.75, 3.05) is 37.6 Å². The first-order valence-corrected chi connectivity index (χ1v) is 8.42. The fraction of sp³-hybridized carbons (Fsp3) is 0.667. The standard InChI is InChI=1S/C16H24F2N2.C2H6/c1-3-8-16(17,18)13-19-9-11-20(12-10-19)15-6-4-14(2)5-7-15;1-2/h4-7H,3,8-13H2,1-2H3;1-2H3. The molecule has 0 radical (unpaired) electrons. The van der Waals surface area contributed by atoms with E-state index in [-0.39, 0.29) is 13.0 Å². The molecule has 0 saturated carbocycles. The molecule has 0 atom stereocenters. The predicted octanol–water partition coefficient (Wildman–Crippen LogP) is 4.58. The van der Waals surface area contributed by atoms with Gasteiger partial charge in [0.15, 0.2) is 0 Å². The molecular weight excluding hydrogens is 282 g/mol. The molecule has 1 aliphatic rings. The number of rotatable bonds is 5. The van der Waals surface area contributed by atoms with E-state index in [4.69, 9.17) is 0 Å². The second-order valence-corrected chi connectivity index (χ2v) is 5.70. The van der Waals surface area contributed by atoms with Gasteiger partial charge in [0.2, 0.25) is 0 Å². The summed E-state index contributed by atoms with van der Waals surface area (Å²) in [7, 11) is 0. The van der Waals surface area contributed by atoms with Crippen LogP contribution >= 0.6 is 0 Å². The molecule has 1 aromatic carbocycles. The van der Waals surface area contributed by atoms with E-state index in [1.807, 2.05) is 25.7 Å². The van der Waals surface area contributed by atoms with Crippen LogP contribution in [0.3, 0.4) is 0 Å². The van der Waals surface area contributed by atoms with Crippen molar-refractivity contribution in [1.82, 2.24) is 4.90 Å². The van der Waals surface area contributed by atoms with Crippen LogP contribution in [-0.2, 0) is 0 Å². The van der Waals surface area contributed by atoms with Crippen molar-refractivity contribution in [3.8, 4) is 0 Å². The highest BCUT2D eigenvalue weighted by molar-refractivity contribution is 5.47. The summed E-state index contributed by atoms with van der Waals surface area (Å²) in [4.78, 5) is 4.16. The Hall–Kier alpha value is -1.16. The van der Waals surface area contributed by atoms with Crippen molar-refractivity contribution < 1.29 is 8.78 Å². The average Bonchev–Trinajstić information content (AvgIpc) is 2.50. The van der Waals surface area contributed by atoms with Gasteiger partial charge >= 0.3 is 0 Å². The molecule has 22 heavy (non-hydrogen) atoms. The molecule has 126 valence electrons. The van der Waals surface area contributed by atoms with Crippen LogP contribution in [0, 0.1) is 6.92 Å². The molecule has 0 aromatic heterocycles. The Balaban J connectivity index is 0.00000116. The van der Waals surface area contributed by atoms with Gasteiger partial charge in [-0.25, -0.2) is 8.78 Å². The van der Waals surface area contributed by atoms with Gasteiger partial charge in [-0.1, -0.05) is 44.9 Å². The summed E-state index contributed by atoms with van der Waals surface area (Å²) in [5.41, 5.74) is 2.43. The van der Waals surface area contributed by atoms with Crippen LogP contribution in [-0.4, -0.2) is 43.5 Å². The second-order valence-electron chi connectivity index (χ2n) is 5.70. The van der Waals surface area contributed by atoms with Crippen molar-refractivity contribution in [2.24, 2.45) is 0 Å². The van der Waals surface area contributed by atoms with E-state index in [2.05, 4.69) is 36.1 Å². The SMILES string of the molecule is CC.CCCC(F)(F)CN1CCN(c2ccc(C)cc2)CC1. The van der Waals surface area contributed by atoms with Crippen molar-refractivity contribution >= 4 is 5.69 Å². The minimum atomic E-state index is -2.54. The normalized spacial score (nSPS) is 16.2. The molecule has 0 bridgehead atoms. The maximum atomic E-state index is 13.6. The zero-order valence-electron chi connectivity index (χ0n) is 14.4. The maximum Gasteiger partial charge on any atom is 0.260 e. The zero-order valence-corrected chi connectivity index (χ0v) is 14.4. The Morgan fingerprint density at radius 3 is 2.05 bits per heavy atom. The smallest absolute Gasteiger partial charge is 0.260 e. The van der Waals surface area contributed by atoms with Gasteiger partial charge in [-0.05, 0) is 19.1 Å². The summed E-state index contributed by atoms with van der Waals surface area (Å²) in [5, 5.41) is 0. The molecular formula is C18H30F2N2. The number of hydrogen-bond acceptors (Lipinski definition) is 2. The Morgan fingerprint density at radius 2 is 1.55 bits per heavy atom. The molecule has 1 aromatic rings. The third-order valence-electron chi connectivity index (χ3n) is 3.84. The topological polar surface area (TPSA) is 6.48 Å². The quantitative estimate of drug-likeness (QED) is 0.785. The van der Waals surface area contributed by atoms with Crippen molar-refractivity contribution in [3.05, 3.63) is 29.8 Å². The first-order valence-electron chi connectivity index (χ1n) is 8.42. The molecule has 0 N–H and O–H groups in total.